The predicted octanol–water partition coefficient (Wildman–Crippen LogP) is 5.20. The minimum absolute atomic E-state index is 0.591. The van der Waals surface area contributed by atoms with E-state index in [1.807, 2.05) is 6.26 Å². The van der Waals surface area contributed by atoms with Crippen LogP contribution in [0.2, 0.25) is 0 Å². The summed E-state index contributed by atoms with van der Waals surface area (Å²) in [5, 5.41) is 2.60. The van der Waals surface area contributed by atoms with Crippen LogP contribution in [0.15, 0.2) is 35.0 Å². The van der Waals surface area contributed by atoms with Crippen LogP contribution in [0, 0.1) is 0 Å². The zero-order valence-electron chi connectivity index (χ0n) is 13.5. The number of benzene rings is 1. The molecule has 2 nitrogen and oxygen atoms in total. The molecule has 1 aliphatic heterocycles. The maximum absolute atomic E-state index is 5.99. The van der Waals surface area contributed by atoms with Crippen molar-refractivity contribution in [3.63, 3.8) is 0 Å². The maximum Gasteiger partial charge on any atom is 0.114 e. The molecule has 1 aliphatic carbocycles. The van der Waals surface area contributed by atoms with Crippen molar-refractivity contribution in [1.82, 2.24) is 4.90 Å². The standard InChI is InChI=1S/C20H25NO/c1-21-11-9-16(10-12-21)20-19-8-7-17(13-18(19)14-22-20)15-5-3-2-4-6-15/h5,7-8,13-14,16H,2-4,6,9-12H2,1H3. The van der Waals surface area contributed by atoms with Crippen LogP contribution in [0.25, 0.3) is 16.3 Å². The third-order valence-electron chi connectivity index (χ3n) is 5.38. The van der Waals surface area contributed by atoms with Crippen LogP contribution in [0.4, 0.5) is 0 Å². The average Bonchev–Trinajstić information content (AvgIpc) is 2.99. The fraction of sp³-hybridized carbons (Fsp3) is 0.500. The Balaban J connectivity index is 1.64. The Labute approximate surface area is 132 Å². The molecule has 0 saturated carbocycles. The van der Waals surface area contributed by atoms with Crippen LogP contribution in [0.5, 0.6) is 0 Å². The van der Waals surface area contributed by atoms with E-state index in [1.165, 1.54) is 79.3 Å². The molecule has 0 radical (unpaired) electrons. The summed E-state index contributed by atoms with van der Waals surface area (Å²) < 4.78 is 5.99. The molecular weight excluding hydrogens is 270 g/mol. The first-order valence-electron chi connectivity index (χ1n) is 8.70. The van der Waals surface area contributed by atoms with Crippen molar-refractivity contribution in [3.8, 4) is 0 Å². The van der Waals surface area contributed by atoms with Gasteiger partial charge in [-0.15, -0.1) is 0 Å². The van der Waals surface area contributed by atoms with Crippen LogP contribution < -0.4 is 0 Å². The van der Waals surface area contributed by atoms with Crippen molar-refractivity contribution in [1.29, 1.82) is 0 Å². The highest BCUT2D eigenvalue weighted by atomic mass is 16.3. The number of likely N-dealkylation sites (tertiary alicyclic amines) is 1. The highest BCUT2D eigenvalue weighted by Gasteiger charge is 2.23. The monoisotopic (exact) mass is 295 g/mol. The summed E-state index contributed by atoms with van der Waals surface area (Å²) in [5.41, 5.74) is 2.91. The second-order valence-electron chi connectivity index (χ2n) is 6.95. The molecule has 2 aliphatic rings. The Morgan fingerprint density at radius 3 is 2.77 bits per heavy atom. The molecule has 0 unspecified atom stereocenters. The van der Waals surface area contributed by atoms with E-state index in [1.54, 1.807) is 0 Å². The van der Waals surface area contributed by atoms with Gasteiger partial charge < -0.3 is 9.32 Å². The van der Waals surface area contributed by atoms with Crippen LogP contribution in [-0.2, 0) is 0 Å². The zero-order valence-corrected chi connectivity index (χ0v) is 13.5. The van der Waals surface area contributed by atoms with Crippen LogP contribution in [0.3, 0.4) is 0 Å². The van der Waals surface area contributed by atoms with E-state index in [9.17, 15) is 0 Å². The van der Waals surface area contributed by atoms with Crippen molar-refractivity contribution < 1.29 is 4.42 Å². The summed E-state index contributed by atoms with van der Waals surface area (Å²) in [6.07, 6.45) is 12.0. The summed E-state index contributed by atoms with van der Waals surface area (Å²) in [7, 11) is 2.21. The zero-order chi connectivity index (χ0) is 14.9. The third-order valence-corrected chi connectivity index (χ3v) is 5.38. The number of allylic oxidation sites excluding steroid dienone is 2. The van der Waals surface area contributed by atoms with Crippen LogP contribution in [-0.4, -0.2) is 25.0 Å². The molecule has 0 spiro atoms. The van der Waals surface area contributed by atoms with Gasteiger partial charge in [0, 0.05) is 16.7 Å². The molecule has 0 atom stereocenters. The Hall–Kier alpha value is -1.54. The van der Waals surface area contributed by atoms with Gasteiger partial charge in [0.2, 0.25) is 0 Å². The van der Waals surface area contributed by atoms with Gasteiger partial charge in [0.25, 0.3) is 0 Å². The lowest BCUT2D eigenvalue weighted by atomic mass is 9.90. The van der Waals surface area contributed by atoms with Crippen LogP contribution in [0.1, 0.15) is 55.8 Å². The van der Waals surface area contributed by atoms with Gasteiger partial charge in [-0.25, -0.2) is 0 Å². The second-order valence-corrected chi connectivity index (χ2v) is 6.95. The predicted molar refractivity (Wildman–Crippen MR) is 92.1 cm³/mol. The first kappa shape index (κ1) is 14.1. The van der Waals surface area contributed by atoms with E-state index in [-0.39, 0.29) is 0 Å². The van der Waals surface area contributed by atoms with Crippen molar-refractivity contribution in [3.05, 3.63) is 41.9 Å². The normalized spacial score (nSPS) is 21.2. The molecule has 0 amide bonds. The van der Waals surface area contributed by atoms with E-state index in [2.05, 4.69) is 36.2 Å². The van der Waals surface area contributed by atoms with E-state index in [0.717, 1.165) is 0 Å². The first-order chi connectivity index (χ1) is 10.8. The van der Waals surface area contributed by atoms with Gasteiger partial charge in [-0.3, -0.25) is 0 Å². The summed E-state index contributed by atoms with van der Waals surface area (Å²) in [4.78, 5) is 2.41. The lowest BCUT2D eigenvalue weighted by molar-refractivity contribution is 0.241. The van der Waals surface area contributed by atoms with Crippen molar-refractivity contribution in [2.24, 2.45) is 0 Å². The number of piperidine rings is 1. The lowest BCUT2D eigenvalue weighted by Crippen LogP contribution is -2.29. The highest BCUT2D eigenvalue weighted by molar-refractivity contribution is 5.88. The number of nitrogens with zero attached hydrogens (tertiary/aromatic N) is 1. The molecule has 1 aromatic carbocycles. The number of fused-ring (bicyclic) bond motifs is 1. The molecule has 2 heteroatoms. The molecule has 2 heterocycles. The van der Waals surface area contributed by atoms with Gasteiger partial charge in [0.1, 0.15) is 5.76 Å². The van der Waals surface area contributed by atoms with Gasteiger partial charge in [0.05, 0.1) is 6.26 Å². The van der Waals surface area contributed by atoms with Crippen LogP contribution >= 0.6 is 0 Å². The van der Waals surface area contributed by atoms with Gasteiger partial charge in [0.15, 0.2) is 0 Å². The Morgan fingerprint density at radius 2 is 2.00 bits per heavy atom. The Morgan fingerprint density at radius 1 is 1.14 bits per heavy atom. The molecule has 2 aromatic rings. The smallest absolute Gasteiger partial charge is 0.114 e. The SMILES string of the molecule is CN1CCC(c2occ3cc(C4=CCCCC4)ccc23)CC1. The van der Waals surface area contributed by atoms with E-state index in [0.29, 0.717) is 5.92 Å². The fourth-order valence-electron chi connectivity index (χ4n) is 3.96. The fourth-order valence-corrected chi connectivity index (χ4v) is 3.96. The molecule has 0 N–H and O–H groups in total. The minimum atomic E-state index is 0.591. The molecular formula is C20H25NO. The summed E-state index contributed by atoms with van der Waals surface area (Å²) >= 11 is 0. The maximum atomic E-state index is 5.99. The van der Waals surface area contributed by atoms with Gasteiger partial charge in [-0.1, -0.05) is 18.2 Å². The molecule has 1 fully saturated rings. The molecule has 1 saturated heterocycles. The van der Waals surface area contributed by atoms with E-state index < -0.39 is 0 Å². The molecule has 4 rings (SSSR count). The second kappa shape index (κ2) is 5.92. The average molecular weight is 295 g/mol. The van der Waals surface area contributed by atoms with E-state index >= 15 is 0 Å². The molecule has 0 bridgehead atoms. The van der Waals surface area contributed by atoms with Gasteiger partial charge in [-0.05, 0) is 75.9 Å². The van der Waals surface area contributed by atoms with E-state index in [4.69, 9.17) is 4.42 Å². The highest BCUT2D eigenvalue weighted by Crippen LogP contribution is 2.36. The number of rotatable bonds is 2. The molecule has 1 aromatic heterocycles. The number of hydrogen-bond acceptors (Lipinski definition) is 2. The largest absolute Gasteiger partial charge is 0.468 e. The Kier molecular flexibility index (Phi) is 3.79. The van der Waals surface area contributed by atoms with Crippen molar-refractivity contribution >= 4 is 16.3 Å². The van der Waals surface area contributed by atoms with Crippen molar-refractivity contribution in [2.45, 2.75) is 44.4 Å². The topological polar surface area (TPSA) is 16.4 Å². The third kappa shape index (κ3) is 2.61. The van der Waals surface area contributed by atoms with Gasteiger partial charge in [-0.2, -0.15) is 0 Å². The summed E-state index contributed by atoms with van der Waals surface area (Å²) in [6.45, 7) is 2.36. The minimum Gasteiger partial charge on any atom is -0.468 e. The first-order valence-corrected chi connectivity index (χ1v) is 8.70. The quantitative estimate of drug-likeness (QED) is 0.757. The lowest BCUT2D eigenvalue weighted by Gasteiger charge is -2.27. The van der Waals surface area contributed by atoms with Gasteiger partial charge >= 0.3 is 0 Å². The Bertz CT molecular complexity index is 689. The molecule has 116 valence electrons. The summed E-state index contributed by atoms with van der Waals surface area (Å²) in [5.74, 6) is 1.81. The summed E-state index contributed by atoms with van der Waals surface area (Å²) in [6, 6.07) is 6.92. The number of furan rings is 1. The number of hydrogen-bond donors (Lipinski definition) is 0. The molecule has 22 heavy (non-hydrogen) atoms. The van der Waals surface area contributed by atoms with Crippen molar-refractivity contribution in [2.75, 3.05) is 20.1 Å².